The molecule has 0 aromatic heterocycles. The van der Waals surface area contributed by atoms with E-state index in [0.717, 1.165) is 13.0 Å². The van der Waals surface area contributed by atoms with Crippen LogP contribution < -0.4 is 5.32 Å². The third kappa shape index (κ3) is 2.16. The Labute approximate surface area is 101 Å². The molecular formula is C12H20N2O3. The monoisotopic (exact) mass is 240 g/mol. The number of amides is 1. The van der Waals surface area contributed by atoms with Gasteiger partial charge in [0.15, 0.2) is 0 Å². The molecule has 0 aromatic carbocycles. The lowest BCUT2D eigenvalue weighted by molar-refractivity contribution is -0.143. The van der Waals surface area contributed by atoms with Crippen molar-refractivity contribution < 1.29 is 14.7 Å². The van der Waals surface area contributed by atoms with Crippen LogP contribution in [0.5, 0.6) is 0 Å². The zero-order chi connectivity index (χ0) is 12.6. The lowest BCUT2D eigenvalue weighted by Crippen LogP contribution is -2.43. The number of hydrogen-bond acceptors (Lipinski definition) is 3. The van der Waals surface area contributed by atoms with Crippen LogP contribution in [0.4, 0.5) is 0 Å². The zero-order valence-electron chi connectivity index (χ0n) is 10.3. The second kappa shape index (κ2) is 4.64. The Bertz CT molecular complexity index is 332. The smallest absolute Gasteiger partial charge is 0.308 e. The molecule has 0 aromatic rings. The fourth-order valence-corrected chi connectivity index (χ4v) is 2.99. The summed E-state index contributed by atoms with van der Waals surface area (Å²) in [5.74, 6) is -1.04. The SMILES string of the molecule is CC1NCCC1C(=O)N1CCC(C(=O)O)C1C. The topological polar surface area (TPSA) is 69.6 Å². The van der Waals surface area contributed by atoms with Crippen LogP contribution in [-0.2, 0) is 9.59 Å². The maximum atomic E-state index is 12.3. The molecule has 0 bridgehead atoms. The highest BCUT2D eigenvalue weighted by Gasteiger charge is 2.42. The molecule has 5 heteroatoms. The summed E-state index contributed by atoms with van der Waals surface area (Å²) in [7, 11) is 0. The molecule has 1 amide bonds. The molecule has 0 spiro atoms. The van der Waals surface area contributed by atoms with Gasteiger partial charge in [-0.3, -0.25) is 9.59 Å². The van der Waals surface area contributed by atoms with Crippen LogP contribution >= 0.6 is 0 Å². The predicted molar refractivity (Wildman–Crippen MR) is 62.5 cm³/mol. The largest absolute Gasteiger partial charge is 0.481 e. The lowest BCUT2D eigenvalue weighted by Gasteiger charge is -2.27. The van der Waals surface area contributed by atoms with Gasteiger partial charge in [-0.1, -0.05) is 0 Å². The maximum Gasteiger partial charge on any atom is 0.308 e. The van der Waals surface area contributed by atoms with Crippen LogP contribution in [0.25, 0.3) is 0 Å². The van der Waals surface area contributed by atoms with E-state index in [1.54, 1.807) is 4.90 Å². The van der Waals surface area contributed by atoms with E-state index in [-0.39, 0.29) is 23.9 Å². The molecule has 2 saturated heterocycles. The third-order valence-corrected chi connectivity index (χ3v) is 4.20. The van der Waals surface area contributed by atoms with E-state index in [0.29, 0.717) is 13.0 Å². The first-order chi connectivity index (χ1) is 8.02. The highest BCUT2D eigenvalue weighted by atomic mass is 16.4. The predicted octanol–water partition coefficient (Wildman–Crippen LogP) is 0.306. The van der Waals surface area contributed by atoms with Crippen molar-refractivity contribution in [3.8, 4) is 0 Å². The Balaban J connectivity index is 2.04. The summed E-state index contributed by atoms with van der Waals surface area (Å²) >= 11 is 0. The average Bonchev–Trinajstić information content (AvgIpc) is 2.83. The van der Waals surface area contributed by atoms with Gasteiger partial charge in [0.05, 0.1) is 11.8 Å². The summed E-state index contributed by atoms with van der Waals surface area (Å²) in [6.45, 7) is 5.32. The van der Waals surface area contributed by atoms with E-state index in [1.165, 1.54) is 0 Å². The number of hydrogen-bond donors (Lipinski definition) is 2. The number of likely N-dealkylation sites (tertiary alicyclic amines) is 1. The molecule has 4 unspecified atom stereocenters. The van der Waals surface area contributed by atoms with E-state index >= 15 is 0 Å². The van der Waals surface area contributed by atoms with E-state index in [2.05, 4.69) is 5.32 Å². The summed E-state index contributed by atoms with van der Waals surface area (Å²) in [6.07, 6.45) is 1.44. The van der Waals surface area contributed by atoms with Gasteiger partial charge in [-0.2, -0.15) is 0 Å². The number of nitrogens with zero attached hydrogens (tertiary/aromatic N) is 1. The lowest BCUT2D eigenvalue weighted by atomic mass is 9.98. The fraction of sp³-hybridized carbons (Fsp3) is 0.833. The fourth-order valence-electron chi connectivity index (χ4n) is 2.99. The van der Waals surface area contributed by atoms with Crippen molar-refractivity contribution >= 4 is 11.9 Å². The van der Waals surface area contributed by atoms with Crippen molar-refractivity contribution in [1.82, 2.24) is 10.2 Å². The highest BCUT2D eigenvalue weighted by Crippen LogP contribution is 2.28. The molecule has 5 nitrogen and oxygen atoms in total. The Morgan fingerprint density at radius 3 is 2.41 bits per heavy atom. The number of aliphatic carboxylic acids is 1. The Hall–Kier alpha value is -1.10. The molecule has 2 heterocycles. The number of rotatable bonds is 2. The van der Waals surface area contributed by atoms with Crippen LogP contribution in [-0.4, -0.2) is 47.1 Å². The van der Waals surface area contributed by atoms with Crippen LogP contribution in [0.3, 0.4) is 0 Å². The van der Waals surface area contributed by atoms with Crippen molar-refractivity contribution in [1.29, 1.82) is 0 Å². The summed E-state index contributed by atoms with van der Waals surface area (Å²) in [5.41, 5.74) is 0. The number of carboxylic acid groups (broad SMARTS) is 1. The quantitative estimate of drug-likeness (QED) is 0.728. The van der Waals surface area contributed by atoms with Gasteiger partial charge in [0, 0.05) is 18.6 Å². The number of carbonyl (C=O) groups is 2. The number of carbonyl (C=O) groups excluding carboxylic acids is 1. The first kappa shape index (κ1) is 12.4. The van der Waals surface area contributed by atoms with E-state index in [1.807, 2.05) is 13.8 Å². The summed E-state index contributed by atoms with van der Waals surface area (Å²) in [6, 6.07) is 0.0337. The van der Waals surface area contributed by atoms with Crippen molar-refractivity contribution in [3.63, 3.8) is 0 Å². The minimum Gasteiger partial charge on any atom is -0.481 e. The molecule has 0 radical (unpaired) electrons. The molecule has 4 atom stereocenters. The number of nitrogens with one attached hydrogen (secondary N) is 1. The summed E-state index contributed by atoms with van der Waals surface area (Å²) in [4.78, 5) is 25.1. The number of carboxylic acids is 1. The molecule has 96 valence electrons. The Kier molecular flexibility index (Phi) is 3.38. The van der Waals surface area contributed by atoms with Crippen molar-refractivity contribution in [2.45, 2.75) is 38.8 Å². The standard InChI is InChI=1S/C12H20N2O3/c1-7-9(3-5-13-7)11(15)14-6-4-10(8(14)2)12(16)17/h7-10,13H,3-6H2,1-2H3,(H,16,17). The minimum atomic E-state index is -0.787. The Morgan fingerprint density at radius 1 is 1.24 bits per heavy atom. The Morgan fingerprint density at radius 2 is 1.94 bits per heavy atom. The molecule has 0 aliphatic carbocycles. The first-order valence-electron chi connectivity index (χ1n) is 6.29. The van der Waals surface area contributed by atoms with Gasteiger partial charge in [-0.15, -0.1) is 0 Å². The van der Waals surface area contributed by atoms with Crippen LogP contribution in [0.15, 0.2) is 0 Å². The molecular weight excluding hydrogens is 220 g/mol. The van der Waals surface area contributed by atoms with Gasteiger partial charge in [-0.05, 0) is 33.2 Å². The van der Waals surface area contributed by atoms with Gasteiger partial charge in [0.25, 0.3) is 0 Å². The third-order valence-electron chi connectivity index (χ3n) is 4.20. The van der Waals surface area contributed by atoms with Crippen LogP contribution in [0.1, 0.15) is 26.7 Å². The second-order valence-corrected chi connectivity index (χ2v) is 5.14. The normalized spacial score (nSPS) is 37.4. The molecule has 2 fully saturated rings. The van der Waals surface area contributed by atoms with Crippen molar-refractivity contribution in [2.75, 3.05) is 13.1 Å². The molecule has 2 N–H and O–H groups in total. The molecule has 0 saturated carbocycles. The van der Waals surface area contributed by atoms with E-state index in [9.17, 15) is 9.59 Å². The summed E-state index contributed by atoms with van der Waals surface area (Å²) < 4.78 is 0. The van der Waals surface area contributed by atoms with Gasteiger partial charge >= 0.3 is 5.97 Å². The first-order valence-corrected chi connectivity index (χ1v) is 6.29. The van der Waals surface area contributed by atoms with Gasteiger partial charge in [-0.25, -0.2) is 0 Å². The van der Waals surface area contributed by atoms with Crippen molar-refractivity contribution in [3.05, 3.63) is 0 Å². The van der Waals surface area contributed by atoms with Crippen LogP contribution in [0, 0.1) is 11.8 Å². The maximum absolute atomic E-state index is 12.3. The van der Waals surface area contributed by atoms with E-state index < -0.39 is 11.9 Å². The second-order valence-electron chi connectivity index (χ2n) is 5.14. The van der Waals surface area contributed by atoms with Gasteiger partial charge in [0.1, 0.15) is 0 Å². The van der Waals surface area contributed by atoms with Gasteiger partial charge in [0.2, 0.25) is 5.91 Å². The average molecular weight is 240 g/mol. The highest BCUT2D eigenvalue weighted by molar-refractivity contribution is 5.82. The van der Waals surface area contributed by atoms with Gasteiger partial charge < -0.3 is 15.3 Å². The summed E-state index contributed by atoms with van der Waals surface area (Å²) in [5, 5.41) is 12.3. The molecule has 17 heavy (non-hydrogen) atoms. The van der Waals surface area contributed by atoms with Crippen molar-refractivity contribution in [2.24, 2.45) is 11.8 Å². The minimum absolute atomic E-state index is 0.0185. The molecule has 2 aliphatic rings. The van der Waals surface area contributed by atoms with Crippen LogP contribution in [0.2, 0.25) is 0 Å². The zero-order valence-corrected chi connectivity index (χ0v) is 10.3. The molecule has 2 rings (SSSR count). The molecule has 2 aliphatic heterocycles. The van der Waals surface area contributed by atoms with E-state index in [4.69, 9.17) is 5.11 Å².